The number of hydrogen-bond donors (Lipinski definition) is 0. The van der Waals surface area contributed by atoms with E-state index >= 15 is 0 Å². The summed E-state index contributed by atoms with van der Waals surface area (Å²) >= 11 is 0. The number of nitrogens with zero attached hydrogens (tertiary/aromatic N) is 5. The van der Waals surface area contributed by atoms with Gasteiger partial charge in [0.15, 0.2) is 0 Å². The third kappa shape index (κ3) is 3.85. The molecule has 3 rings (SSSR count). The Hall–Kier alpha value is -1.69. The van der Waals surface area contributed by atoms with Gasteiger partial charge in [-0.05, 0) is 38.3 Å². The second kappa shape index (κ2) is 7.91. The van der Waals surface area contributed by atoms with Gasteiger partial charge in [-0.2, -0.15) is 22.3 Å². The van der Waals surface area contributed by atoms with Crippen LogP contribution in [0.2, 0.25) is 0 Å². The van der Waals surface area contributed by atoms with Crippen molar-refractivity contribution >= 4 is 16.0 Å². The van der Waals surface area contributed by atoms with Crippen LogP contribution in [-0.4, -0.2) is 61.3 Å². The molecule has 8 heteroatoms. The van der Waals surface area contributed by atoms with Crippen molar-refractivity contribution in [3.63, 3.8) is 0 Å². The van der Waals surface area contributed by atoms with Gasteiger partial charge in [-0.3, -0.25) is 0 Å². The van der Waals surface area contributed by atoms with Gasteiger partial charge in [-0.1, -0.05) is 12.8 Å². The summed E-state index contributed by atoms with van der Waals surface area (Å²) in [7, 11) is -3.39. The van der Waals surface area contributed by atoms with E-state index in [1.165, 1.54) is 0 Å². The molecule has 0 spiro atoms. The summed E-state index contributed by atoms with van der Waals surface area (Å²) in [4.78, 5) is 6.58. The van der Waals surface area contributed by atoms with Crippen LogP contribution >= 0.6 is 0 Å². The molecule has 0 amide bonds. The third-order valence-corrected chi connectivity index (χ3v) is 7.23. The highest BCUT2D eigenvalue weighted by Gasteiger charge is 2.33. The first-order chi connectivity index (χ1) is 12.4. The Morgan fingerprint density at radius 2 is 1.54 bits per heavy atom. The number of aromatic nitrogens is 1. The molecule has 142 valence electrons. The first-order valence-corrected chi connectivity index (χ1v) is 10.7. The molecule has 0 radical (unpaired) electrons. The standard InChI is InChI=1S/C18H27N5O2S/c1-15-13-16(2)20-18(17(15)14-19)21-9-11-23(12-10-21)26(24,25)22-7-5-3-4-6-8-22/h13H,3-12H2,1-2H3. The van der Waals surface area contributed by atoms with Gasteiger partial charge in [0, 0.05) is 45.0 Å². The van der Waals surface area contributed by atoms with E-state index in [0.29, 0.717) is 50.6 Å². The third-order valence-electron chi connectivity index (χ3n) is 5.19. The van der Waals surface area contributed by atoms with Crippen molar-refractivity contribution in [2.75, 3.05) is 44.2 Å². The van der Waals surface area contributed by atoms with Gasteiger partial charge >= 0.3 is 0 Å². The number of pyridine rings is 1. The monoisotopic (exact) mass is 377 g/mol. The maximum atomic E-state index is 12.9. The summed E-state index contributed by atoms with van der Waals surface area (Å²) in [6, 6.07) is 4.15. The molecular weight excluding hydrogens is 350 g/mol. The number of hydrogen-bond acceptors (Lipinski definition) is 5. The quantitative estimate of drug-likeness (QED) is 0.802. The molecule has 0 saturated carbocycles. The molecule has 2 saturated heterocycles. The van der Waals surface area contributed by atoms with Crippen LogP contribution in [0.1, 0.15) is 42.5 Å². The van der Waals surface area contributed by atoms with E-state index in [-0.39, 0.29) is 0 Å². The lowest BCUT2D eigenvalue weighted by atomic mass is 10.1. The first-order valence-electron chi connectivity index (χ1n) is 9.32. The molecule has 2 aliphatic heterocycles. The van der Waals surface area contributed by atoms with Crippen molar-refractivity contribution < 1.29 is 8.42 Å². The number of aryl methyl sites for hydroxylation is 2. The Balaban J connectivity index is 1.72. The van der Waals surface area contributed by atoms with E-state index in [1.807, 2.05) is 24.8 Å². The van der Waals surface area contributed by atoms with Gasteiger partial charge in [-0.15, -0.1) is 0 Å². The SMILES string of the molecule is Cc1cc(C)c(C#N)c(N2CCN(S(=O)(=O)N3CCCCCC3)CC2)n1. The zero-order valence-corrected chi connectivity index (χ0v) is 16.4. The average Bonchev–Trinajstić information content (AvgIpc) is 2.91. The lowest BCUT2D eigenvalue weighted by molar-refractivity contribution is 0.327. The predicted molar refractivity (Wildman–Crippen MR) is 101 cm³/mol. The second-order valence-electron chi connectivity index (χ2n) is 7.10. The molecule has 7 nitrogen and oxygen atoms in total. The van der Waals surface area contributed by atoms with Crippen LogP contribution < -0.4 is 4.90 Å². The van der Waals surface area contributed by atoms with Gasteiger partial charge in [0.25, 0.3) is 10.2 Å². The van der Waals surface area contributed by atoms with Gasteiger partial charge in [0.05, 0.1) is 5.56 Å². The fraction of sp³-hybridized carbons (Fsp3) is 0.667. The van der Waals surface area contributed by atoms with E-state index in [1.54, 1.807) is 8.61 Å². The van der Waals surface area contributed by atoms with Gasteiger partial charge in [0.2, 0.25) is 0 Å². The number of nitriles is 1. The Kier molecular flexibility index (Phi) is 5.80. The minimum Gasteiger partial charge on any atom is -0.353 e. The summed E-state index contributed by atoms with van der Waals surface area (Å²) in [5.74, 6) is 0.678. The first kappa shape index (κ1) is 19.1. The van der Waals surface area contributed by atoms with E-state index in [0.717, 1.165) is 36.9 Å². The van der Waals surface area contributed by atoms with Crippen molar-refractivity contribution in [3.05, 3.63) is 22.9 Å². The van der Waals surface area contributed by atoms with Crippen LogP contribution in [0.4, 0.5) is 5.82 Å². The Morgan fingerprint density at radius 3 is 2.12 bits per heavy atom. The van der Waals surface area contributed by atoms with Crippen molar-refractivity contribution in [2.45, 2.75) is 39.5 Å². The van der Waals surface area contributed by atoms with Crippen molar-refractivity contribution in [2.24, 2.45) is 0 Å². The molecular formula is C18H27N5O2S. The normalized spacial score (nSPS) is 20.6. The molecule has 0 bridgehead atoms. The maximum absolute atomic E-state index is 12.9. The summed E-state index contributed by atoms with van der Waals surface area (Å²) in [6.45, 7) is 7.04. The van der Waals surface area contributed by atoms with Crippen LogP contribution in [0.15, 0.2) is 6.07 Å². The summed E-state index contributed by atoms with van der Waals surface area (Å²) in [5.41, 5.74) is 2.37. The topological polar surface area (TPSA) is 80.5 Å². The van der Waals surface area contributed by atoms with Gasteiger partial charge in [0.1, 0.15) is 11.9 Å². The maximum Gasteiger partial charge on any atom is 0.282 e. The van der Waals surface area contributed by atoms with E-state index < -0.39 is 10.2 Å². The molecule has 26 heavy (non-hydrogen) atoms. The molecule has 3 heterocycles. The van der Waals surface area contributed by atoms with E-state index in [9.17, 15) is 13.7 Å². The Labute approximate surface area is 156 Å². The van der Waals surface area contributed by atoms with E-state index in [2.05, 4.69) is 11.1 Å². The summed E-state index contributed by atoms with van der Waals surface area (Å²) in [6.07, 6.45) is 4.10. The minimum atomic E-state index is -3.39. The van der Waals surface area contributed by atoms with E-state index in [4.69, 9.17) is 0 Å². The fourth-order valence-corrected chi connectivity index (χ4v) is 5.42. The fourth-order valence-electron chi connectivity index (χ4n) is 3.75. The molecule has 1 aromatic rings. The summed E-state index contributed by atoms with van der Waals surface area (Å²) in [5, 5.41) is 9.47. The lowest BCUT2D eigenvalue weighted by Gasteiger charge is -2.37. The molecule has 0 aromatic carbocycles. The number of rotatable bonds is 3. The van der Waals surface area contributed by atoms with Gasteiger partial charge < -0.3 is 4.90 Å². The average molecular weight is 378 g/mol. The molecule has 2 fully saturated rings. The zero-order chi connectivity index (χ0) is 18.7. The summed E-state index contributed by atoms with van der Waals surface area (Å²) < 4.78 is 29.1. The number of anilines is 1. The highest BCUT2D eigenvalue weighted by Crippen LogP contribution is 2.24. The molecule has 1 aromatic heterocycles. The minimum absolute atomic E-state index is 0.429. The van der Waals surface area contributed by atoms with Crippen LogP contribution in [-0.2, 0) is 10.2 Å². The molecule has 0 N–H and O–H groups in total. The largest absolute Gasteiger partial charge is 0.353 e. The van der Waals surface area contributed by atoms with Crippen LogP contribution in [0.3, 0.4) is 0 Å². The molecule has 0 atom stereocenters. The Bertz CT molecular complexity index is 787. The second-order valence-corrected chi connectivity index (χ2v) is 9.03. The van der Waals surface area contributed by atoms with Gasteiger partial charge in [-0.25, -0.2) is 4.98 Å². The highest BCUT2D eigenvalue weighted by atomic mass is 32.2. The highest BCUT2D eigenvalue weighted by molar-refractivity contribution is 7.86. The van der Waals surface area contributed by atoms with Crippen LogP contribution in [0.25, 0.3) is 0 Å². The van der Waals surface area contributed by atoms with Crippen LogP contribution in [0, 0.1) is 25.2 Å². The lowest BCUT2D eigenvalue weighted by Crippen LogP contribution is -2.53. The van der Waals surface area contributed by atoms with Crippen molar-refractivity contribution in [1.29, 1.82) is 5.26 Å². The van der Waals surface area contributed by atoms with Crippen LogP contribution in [0.5, 0.6) is 0 Å². The number of piperazine rings is 1. The molecule has 0 aliphatic carbocycles. The molecule has 0 unspecified atom stereocenters. The smallest absolute Gasteiger partial charge is 0.282 e. The molecule has 2 aliphatic rings. The predicted octanol–water partition coefficient (Wildman–Crippen LogP) is 1.81. The Morgan fingerprint density at radius 1 is 0.962 bits per heavy atom. The zero-order valence-electron chi connectivity index (χ0n) is 15.6. The van der Waals surface area contributed by atoms with Crippen molar-refractivity contribution in [3.8, 4) is 6.07 Å². The van der Waals surface area contributed by atoms with Crippen molar-refractivity contribution in [1.82, 2.24) is 13.6 Å².